The van der Waals surface area contributed by atoms with Crippen molar-refractivity contribution in [3.05, 3.63) is 42.0 Å². The van der Waals surface area contributed by atoms with Gasteiger partial charge < -0.3 is 5.32 Å². The zero-order valence-corrected chi connectivity index (χ0v) is 12.2. The van der Waals surface area contributed by atoms with Gasteiger partial charge >= 0.3 is 0 Å². The summed E-state index contributed by atoms with van der Waals surface area (Å²) < 4.78 is 15.4. The highest BCUT2D eigenvalue weighted by Crippen LogP contribution is 2.24. The van der Waals surface area contributed by atoms with Crippen LogP contribution in [0.15, 0.2) is 30.6 Å². The molecule has 0 amide bonds. The zero-order chi connectivity index (χ0) is 14.4. The maximum atomic E-state index is 13.5. The number of hydrogen-bond donors (Lipinski definition) is 1. The molecule has 0 fully saturated rings. The van der Waals surface area contributed by atoms with Crippen LogP contribution < -0.4 is 5.32 Å². The predicted molar refractivity (Wildman–Crippen MR) is 79.9 cm³/mol. The highest BCUT2D eigenvalue weighted by atomic mass is 19.1. The van der Waals surface area contributed by atoms with E-state index in [0.717, 1.165) is 49.2 Å². The Morgan fingerprint density at radius 1 is 1.25 bits per heavy atom. The van der Waals surface area contributed by atoms with E-state index in [1.165, 1.54) is 6.07 Å². The number of rotatable bonds is 7. The Balaban J connectivity index is 2.25. The summed E-state index contributed by atoms with van der Waals surface area (Å²) in [6.45, 7) is 6.85. The Morgan fingerprint density at radius 3 is 2.85 bits per heavy atom. The van der Waals surface area contributed by atoms with Crippen molar-refractivity contribution in [3.63, 3.8) is 0 Å². The van der Waals surface area contributed by atoms with Crippen molar-refractivity contribution in [2.75, 3.05) is 6.54 Å². The van der Waals surface area contributed by atoms with E-state index in [-0.39, 0.29) is 5.82 Å². The molecule has 0 saturated heterocycles. The lowest BCUT2D eigenvalue weighted by atomic mass is 10.0. The fraction of sp³-hybridized carbons (Fsp3) is 0.438. The number of benzene rings is 1. The molecule has 0 atom stereocenters. The second-order valence-electron chi connectivity index (χ2n) is 4.97. The van der Waals surface area contributed by atoms with Crippen LogP contribution in [-0.4, -0.2) is 16.3 Å². The van der Waals surface area contributed by atoms with Crippen molar-refractivity contribution >= 4 is 0 Å². The molecule has 1 aromatic carbocycles. The first kappa shape index (κ1) is 14.7. The maximum Gasteiger partial charge on any atom is 0.123 e. The average molecular weight is 275 g/mol. The van der Waals surface area contributed by atoms with E-state index < -0.39 is 0 Å². The van der Waals surface area contributed by atoms with Crippen LogP contribution >= 0.6 is 0 Å². The summed E-state index contributed by atoms with van der Waals surface area (Å²) in [4.78, 5) is 0. The van der Waals surface area contributed by atoms with Crippen molar-refractivity contribution in [3.8, 4) is 11.1 Å². The van der Waals surface area contributed by atoms with Gasteiger partial charge in [0, 0.05) is 24.8 Å². The van der Waals surface area contributed by atoms with E-state index in [9.17, 15) is 4.39 Å². The van der Waals surface area contributed by atoms with Crippen molar-refractivity contribution in [1.82, 2.24) is 15.1 Å². The zero-order valence-electron chi connectivity index (χ0n) is 12.2. The second-order valence-corrected chi connectivity index (χ2v) is 4.97. The van der Waals surface area contributed by atoms with Gasteiger partial charge in [-0.1, -0.05) is 19.9 Å². The summed E-state index contributed by atoms with van der Waals surface area (Å²) in [6.07, 6.45) is 5.93. The van der Waals surface area contributed by atoms with E-state index >= 15 is 0 Å². The molecule has 2 aromatic rings. The molecule has 4 heteroatoms. The van der Waals surface area contributed by atoms with Crippen LogP contribution in [0.2, 0.25) is 0 Å². The molecule has 0 aliphatic heterocycles. The summed E-state index contributed by atoms with van der Waals surface area (Å²) in [5.41, 5.74) is 3.01. The first-order valence-corrected chi connectivity index (χ1v) is 7.26. The number of aryl methyl sites for hydroxylation is 1. The fourth-order valence-electron chi connectivity index (χ4n) is 2.23. The van der Waals surface area contributed by atoms with E-state index in [2.05, 4.69) is 24.3 Å². The Hall–Kier alpha value is -1.68. The third kappa shape index (κ3) is 3.67. The highest BCUT2D eigenvalue weighted by Gasteiger charge is 2.09. The van der Waals surface area contributed by atoms with Crippen LogP contribution in [0, 0.1) is 5.82 Å². The first-order valence-electron chi connectivity index (χ1n) is 7.26. The smallest absolute Gasteiger partial charge is 0.123 e. The second kappa shape index (κ2) is 7.20. The number of hydrogen-bond acceptors (Lipinski definition) is 2. The molecule has 0 radical (unpaired) electrons. The van der Waals surface area contributed by atoms with E-state index in [1.807, 2.05) is 23.1 Å². The van der Waals surface area contributed by atoms with E-state index in [1.54, 1.807) is 6.07 Å². The summed E-state index contributed by atoms with van der Waals surface area (Å²) in [7, 11) is 0. The van der Waals surface area contributed by atoms with Crippen molar-refractivity contribution in [2.45, 2.75) is 39.8 Å². The molecule has 1 heterocycles. The van der Waals surface area contributed by atoms with Crippen LogP contribution in [0.4, 0.5) is 4.39 Å². The monoisotopic (exact) mass is 275 g/mol. The molecule has 0 saturated carbocycles. The molecule has 20 heavy (non-hydrogen) atoms. The number of nitrogens with one attached hydrogen (secondary N) is 1. The average Bonchev–Trinajstić information content (AvgIpc) is 2.89. The molecule has 1 N–H and O–H groups in total. The third-order valence-electron chi connectivity index (χ3n) is 3.21. The quantitative estimate of drug-likeness (QED) is 0.782. The Bertz CT molecular complexity index is 548. The minimum absolute atomic E-state index is 0.206. The molecule has 108 valence electrons. The van der Waals surface area contributed by atoms with Gasteiger partial charge in [0.25, 0.3) is 0 Å². The van der Waals surface area contributed by atoms with Crippen molar-refractivity contribution < 1.29 is 4.39 Å². The number of nitrogens with zero attached hydrogens (tertiary/aromatic N) is 2. The van der Waals surface area contributed by atoms with Gasteiger partial charge in [0.05, 0.1) is 6.20 Å². The minimum atomic E-state index is -0.206. The molecule has 0 aliphatic rings. The van der Waals surface area contributed by atoms with Gasteiger partial charge in [-0.15, -0.1) is 0 Å². The summed E-state index contributed by atoms with van der Waals surface area (Å²) in [5.74, 6) is -0.206. The Labute approximate surface area is 119 Å². The number of halogens is 1. The highest BCUT2D eigenvalue weighted by molar-refractivity contribution is 5.66. The summed E-state index contributed by atoms with van der Waals surface area (Å²) >= 11 is 0. The summed E-state index contributed by atoms with van der Waals surface area (Å²) in [6, 6.07) is 4.96. The van der Waals surface area contributed by atoms with Crippen LogP contribution in [0.5, 0.6) is 0 Å². The third-order valence-corrected chi connectivity index (χ3v) is 3.21. The Kier molecular flexibility index (Phi) is 5.30. The first-order chi connectivity index (χ1) is 9.74. The lowest BCUT2D eigenvalue weighted by Gasteiger charge is -2.09. The largest absolute Gasteiger partial charge is 0.313 e. The minimum Gasteiger partial charge on any atom is -0.313 e. The number of aromatic nitrogens is 2. The van der Waals surface area contributed by atoms with Gasteiger partial charge in [-0.25, -0.2) is 4.39 Å². The molecule has 0 bridgehead atoms. The molecule has 3 nitrogen and oxygen atoms in total. The predicted octanol–water partition coefficient (Wildman–Crippen LogP) is 3.60. The molecule has 1 aromatic heterocycles. The van der Waals surface area contributed by atoms with Gasteiger partial charge in [0.2, 0.25) is 0 Å². The maximum absolute atomic E-state index is 13.5. The fourth-order valence-corrected chi connectivity index (χ4v) is 2.23. The molecule has 0 unspecified atom stereocenters. The standard InChI is InChI=1S/C16H22FN3/c1-3-7-18-10-13-5-6-15(17)9-16(13)14-11-19-20(12-14)8-4-2/h5-6,9,11-12,18H,3-4,7-8,10H2,1-2H3. The van der Waals surface area contributed by atoms with Gasteiger partial charge in [-0.3, -0.25) is 4.68 Å². The topological polar surface area (TPSA) is 29.9 Å². The lowest BCUT2D eigenvalue weighted by Crippen LogP contribution is -2.14. The van der Waals surface area contributed by atoms with E-state index in [0.29, 0.717) is 0 Å². The van der Waals surface area contributed by atoms with Crippen LogP contribution in [-0.2, 0) is 13.1 Å². The molecule has 0 spiro atoms. The van der Waals surface area contributed by atoms with E-state index in [4.69, 9.17) is 0 Å². The lowest BCUT2D eigenvalue weighted by molar-refractivity contribution is 0.603. The van der Waals surface area contributed by atoms with Crippen LogP contribution in [0.3, 0.4) is 0 Å². The molecular formula is C16H22FN3. The molecular weight excluding hydrogens is 253 g/mol. The van der Waals surface area contributed by atoms with Gasteiger partial charge in [-0.2, -0.15) is 5.10 Å². The molecule has 0 aliphatic carbocycles. The van der Waals surface area contributed by atoms with Gasteiger partial charge in [0.1, 0.15) is 5.82 Å². The molecule has 2 rings (SSSR count). The van der Waals surface area contributed by atoms with Crippen LogP contribution in [0.1, 0.15) is 32.3 Å². The van der Waals surface area contributed by atoms with Gasteiger partial charge in [-0.05, 0) is 42.6 Å². The Morgan fingerprint density at radius 2 is 2.10 bits per heavy atom. The SMILES string of the molecule is CCCNCc1ccc(F)cc1-c1cnn(CCC)c1. The van der Waals surface area contributed by atoms with Crippen LogP contribution in [0.25, 0.3) is 11.1 Å². The van der Waals surface area contributed by atoms with Crippen molar-refractivity contribution in [1.29, 1.82) is 0 Å². The van der Waals surface area contributed by atoms with Crippen molar-refractivity contribution in [2.24, 2.45) is 0 Å². The normalized spacial score (nSPS) is 10.9. The summed E-state index contributed by atoms with van der Waals surface area (Å²) in [5, 5.41) is 7.69. The van der Waals surface area contributed by atoms with Gasteiger partial charge in [0.15, 0.2) is 0 Å².